The van der Waals surface area contributed by atoms with Crippen molar-refractivity contribution in [2.45, 2.75) is 0 Å². The Hall–Kier alpha value is -1.32. The van der Waals surface area contributed by atoms with Gasteiger partial charge in [0.05, 0.1) is 11.0 Å². The van der Waals surface area contributed by atoms with Crippen LogP contribution in [-0.2, 0) is 0 Å². The van der Waals surface area contributed by atoms with E-state index in [1.54, 1.807) is 0 Å². The predicted molar refractivity (Wildman–Crippen MR) is 67.7 cm³/mol. The van der Waals surface area contributed by atoms with Crippen molar-refractivity contribution in [3.63, 3.8) is 0 Å². The third-order valence-corrected chi connectivity index (χ3v) is 2.86. The highest BCUT2D eigenvalue weighted by molar-refractivity contribution is 6.40. The van der Waals surface area contributed by atoms with Gasteiger partial charge in [0.2, 0.25) is 0 Å². The van der Waals surface area contributed by atoms with Gasteiger partial charge in [-0.2, -0.15) is 0 Å². The van der Waals surface area contributed by atoms with Crippen LogP contribution in [0, 0.1) is 0 Å². The maximum absolute atomic E-state index is 5.81. The number of hydrogen-bond acceptors (Lipinski definition) is 3. The summed E-state index contributed by atoms with van der Waals surface area (Å²) in [5.41, 5.74) is 3.17. The first-order chi connectivity index (χ1) is 7.61. The molecule has 0 bridgehead atoms. The van der Waals surface area contributed by atoms with Gasteiger partial charge in [-0.1, -0.05) is 35.8 Å². The number of nitrogens with one attached hydrogen (secondary N) is 1. The summed E-state index contributed by atoms with van der Waals surface area (Å²) in [6.45, 7) is 3.87. The lowest BCUT2D eigenvalue weighted by Gasteiger charge is -2.06. The van der Waals surface area contributed by atoms with E-state index in [2.05, 4.69) is 21.9 Å². The molecule has 16 heavy (non-hydrogen) atoms. The quantitative estimate of drug-likeness (QED) is 0.894. The first-order valence-electron chi connectivity index (χ1n) is 4.61. The summed E-state index contributed by atoms with van der Waals surface area (Å²) in [7, 11) is 1.81. The molecule has 0 saturated carbocycles. The van der Waals surface area contributed by atoms with E-state index in [1.165, 1.54) is 0 Å². The fourth-order valence-corrected chi connectivity index (χ4v) is 1.61. The zero-order valence-electron chi connectivity index (χ0n) is 8.59. The minimum absolute atomic E-state index is 0.210. The Bertz CT molecular complexity index is 566. The second-order valence-corrected chi connectivity index (χ2v) is 3.95. The van der Waals surface area contributed by atoms with E-state index in [1.807, 2.05) is 25.2 Å². The number of rotatable bonds is 2. The number of aromatic nitrogens is 2. The van der Waals surface area contributed by atoms with Gasteiger partial charge in [-0.15, -0.1) is 0 Å². The van der Waals surface area contributed by atoms with Gasteiger partial charge in [0.1, 0.15) is 0 Å². The zero-order chi connectivity index (χ0) is 11.7. The molecule has 3 nitrogen and oxygen atoms in total. The van der Waals surface area contributed by atoms with Crippen LogP contribution in [0.1, 0.15) is 5.56 Å². The van der Waals surface area contributed by atoms with E-state index >= 15 is 0 Å². The van der Waals surface area contributed by atoms with E-state index in [0.717, 1.165) is 11.3 Å². The summed E-state index contributed by atoms with van der Waals surface area (Å²) in [6.07, 6.45) is 0. The zero-order valence-corrected chi connectivity index (χ0v) is 10.1. The molecule has 0 fully saturated rings. The minimum atomic E-state index is 0.210. The Morgan fingerprint density at radius 2 is 1.81 bits per heavy atom. The number of nitrogens with zero attached hydrogens (tertiary/aromatic N) is 2. The summed E-state index contributed by atoms with van der Waals surface area (Å²) in [5.74, 6) is 0. The van der Waals surface area contributed by atoms with Crippen LogP contribution >= 0.6 is 23.2 Å². The average molecular weight is 254 g/mol. The predicted octanol–water partition coefficient (Wildman–Crippen LogP) is 3.13. The molecule has 5 heteroatoms. The highest BCUT2D eigenvalue weighted by Crippen LogP contribution is 2.22. The van der Waals surface area contributed by atoms with Crippen molar-refractivity contribution in [2.24, 2.45) is 0 Å². The van der Waals surface area contributed by atoms with E-state index in [4.69, 9.17) is 23.2 Å². The fraction of sp³-hybridized carbons (Fsp3) is 0.0909. The minimum Gasteiger partial charge on any atom is -0.388 e. The summed E-state index contributed by atoms with van der Waals surface area (Å²) >= 11 is 11.6. The molecule has 0 aliphatic heterocycles. The monoisotopic (exact) mass is 253 g/mol. The molecule has 0 aliphatic rings. The lowest BCUT2D eigenvalue weighted by molar-refractivity contribution is 1.13. The fourth-order valence-electron chi connectivity index (χ4n) is 1.34. The maximum atomic E-state index is 5.81. The molecule has 0 spiro atoms. The molecule has 82 valence electrons. The van der Waals surface area contributed by atoms with Crippen molar-refractivity contribution in [3.8, 4) is 0 Å². The van der Waals surface area contributed by atoms with Crippen LogP contribution in [0.2, 0.25) is 10.3 Å². The Morgan fingerprint density at radius 3 is 2.44 bits per heavy atom. The number of halogens is 2. The number of hydrogen-bond donors (Lipinski definition) is 1. The van der Waals surface area contributed by atoms with Gasteiger partial charge in [-0.25, -0.2) is 9.97 Å². The van der Waals surface area contributed by atoms with Gasteiger partial charge in [0.15, 0.2) is 10.3 Å². The highest BCUT2D eigenvalue weighted by atomic mass is 35.5. The average Bonchev–Trinajstić information content (AvgIpc) is 2.29. The molecule has 1 N–H and O–H groups in total. The molecule has 1 aromatic carbocycles. The molecular weight excluding hydrogens is 245 g/mol. The number of benzene rings is 1. The molecule has 0 atom stereocenters. The van der Waals surface area contributed by atoms with Gasteiger partial charge in [-0.05, 0) is 17.7 Å². The van der Waals surface area contributed by atoms with Gasteiger partial charge in [-0.3, -0.25) is 0 Å². The van der Waals surface area contributed by atoms with Crippen LogP contribution < -0.4 is 5.32 Å². The van der Waals surface area contributed by atoms with Crippen LogP contribution in [0.4, 0.5) is 0 Å². The van der Waals surface area contributed by atoms with Crippen molar-refractivity contribution in [1.29, 1.82) is 0 Å². The SMILES string of the molecule is C=C(NC)c1ccc2nc(Cl)c(Cl)nc2c1. The topological polar surface area (TPSA) is 37.8 Å². The largest absolute Gasteiger partial charge is 0.388 e. The smallest absolute Gasteiger partial charge is 0.167 e. The van der Waals surface area contributed by atoms with Gasteiger partial charge >= 0.3 is 0 Å². The summed E-state index contributed by atoms with van der Waals surface area (Å²) in [5, 5.41) is 3.40. The van der Waals surface area contributed by atoms with Gasteiger partial charge in [0, 0.05) is 12.7 Å². The Labute approximate surface area is 103 Å². The third kappa shape index (κ3) is 1.96. The van der Waals surface area contributed by atoms with E-state index in [-0.39, 0.29) is 10.3 Å². The molecule has 1 heterocycles. The Balaban J connectivity index is 2.62. The summed E-state index contributed by atoms with van der Waals surface area (Å²) in [6, 6.07) is 5.60. The number of fused-ring (bicyclic) bond motifs is 1. The van der Waals surface area contributed by atoms with Crippen molar-refractivity contribution >= 4 is 39.9 Å². The van der Waals surface area contributed by atoms with E-state index in [9.17, 15) is 0 Å². The molecule has 0 saturated heterocycles. The molecule has 0 radical (unpaired) electrons. The Kier molecular flexibility index (Phi) is 2.99. The molecule has 0 unspecified atom stereocenters. The Morgan fingerprint density at radius 1 is 1.19 bits per heavy atom. The first-order valence-corrected chi connectivity index (χ1v) is 5.37. The summed E-state index contributed by atoms with van der Waals surface area (Å²) < 4.78 is 0. The van der Waals surface area contributed by atoms with Crippen molar-refractivity contribution in [3.05, 3.63) is 40.6 Å². The molecule has 2 aromatic rings. The lowest BCUT2D eigenvalue weighted by atomic mass is 10.1. The van der Waals surface area contributed by atoms with Crippen molar-refractivity contribution < 1.29 is 0 Å². The van der Waals surface area contributed by atoms with Crippen LogP contribution in [-0.4, -0.2) is 17.0 Å². The van der Waals surface area contributed by atoms with Gasteiger partial charge < -0.3 is 5.32 Å². The second-order valence-electron chi connectivity index (χ2n) is 3.24. The lowest BCUT2D eigenvalue weighted by Crippen LogP contribution is -2.02. The van der Waals surface area contributed by atoms with Gasteiger partial charge in [0.25, 0.3) is 0 Å². The molecule has 2 rings (SSSR count). The normalized spacial score (nSPS) is 10.4. The highest BCUT2D eigenvalue weighted by Gasteiger charge is 2.05. The second kappa shape index (κ2) is 4.28. The molecule has 0 aliphatic carbocycles. The molecular formula is C11H9Cl2N3. The maximum Gasteiger partial charge on any atom is 0.167 e. The van der Waals surface area contributed by atoms with Crippen LogP contribution in [0.15, 0.2) is 24.8 Å². The standard InChI is InChI=1S/C11H9Cl2N3/c1-6(14-2)7-3-4-8-9(5-7)16-11(13)10(12)15-8/h3-5,14H,1H2,2H3. The third-order valence-electron chi connectivity index (χ3n) is 2.23. The van der Waals surface area contributed by atoms with E-state index < -0.39 is 0 Å². The van der Waals surface area contributed by atoms with Crippen LogP contribution in [0.5, 0.6) is 0 Å². The van der Waals surface area contributed by atoms with E-state index in [0.29, 0.717) is 11.0 Å². The summed E-state index contributed by atoms with van der Waals surface area (Å²) in [4.78, 5) is 8.28. The first kappa shape index (κ1) is 11.2. The van der Waals surface area contributed by atoms with Crippen molar-refractivity contribution in [2.75, 3.05) is 7.05 Å². The molecule has 0 amide bonds. The van der Waals surface area contributed by atoms with Crippen LogP contribution in [0.25, 0.3) is 16.7 Å². The van der Waals surface area contributed by atoms with Crippen LogP contribution in [0.3, 0.4) is 0 Å². The van der Waals surface area contributed by atoms with Crippen molar-refractivity contribution in [1.82, 2.24) is 15.3 Å². The molecule has 1 aromatic heterocycles.